The summed E-state index contributed by atoms with van der Waals surface area (Å²) in [6, 6.07) is 7.56. The smallest absolute Gasteiger partial charge is 0.264 e. The lowest BCUT2D eigenvalue weighted by molar-refractivity contribution is 0.0972. The average Bonchev–Trinajstić information content (AvgIpc) is 2.90. The zero-order chi connectivity index (χ0) is 26.8. The van der Waals surface area contributed by atoms with Crippen molar-refractivity contribution < 1.29 is 19.0 Å². The Labute approximate surface area is 220 Å². The van der Waals surface area contributed by atoms with E-state index in [0.717, 1.165) is 79.6 Å². The van der Waals surface area contributed by atoms with Gasteiger partial charge in [-0.3, -0.25) is 9.59 Å². The number of unbranched alkanes of at least 4 members (excludes halogenated alkanes) is 3. The summed E-state index contributed by atoms with van der Waals surface area (Å²) in [5, 5.41) is 0. The number of ether oxygens (including phenoxy) is 3. The predicted molar refractivity (Wildman–Crippen MR) is 148 cm³/mol. The molecule has 0 saturated carbocycles. The van der Waals surface area contributed by atoms with E-state index in [2.05, 4.69) is 11.9 Å². The van der Waals surface area contributed by atoms with Gasteiger partial charge in [-0.25, -0.2) is 0 Å². The molecule has 1 amide bonds. The van der Waals surface area contributed by atoms with Crippen molar-refractivity contribution in [2.75, 3.05) is 25.7 Å². The molecule has 0 saturated heterocycles. The van der Waals surface area contributed by atoms with Crippen LogP contribution in [0, 0.1) is 6.92 Å². The lowest BCUT2D eigenvalue weighted by Crippen LogP contribution is -2.44. The number of amides is 1. The van der Waals surface area contributed by atoms with Crippen molar-refractivity contribution in [2.45, 2.75) is 84.6 Å². The SMILES string of the molecule is CCCCCO/C=C(/CCCCc1cc(C(=O)N2c3c(cccc3OC)CCC2C)c(=O)[nH]c1C)OC. The van der Waals surface area contributed by atoms with Gasteiger partial charge >= 0.3 is 0 Å². The Balaban J connectivity index is 1.71. The summed E-state index contributed by atoms with van der Waals surface area (Å²) < 4.78 is 16.6. The van der Waals surface area contributed by atoms with Crippen LogP contribution in [0.4, 0.5) is 5.69 Å². The van der Waals surface area contributed by atoms with Gasteiger partial charge in [0, 0.05) is 18.2 Å². The number of H-pyrrole nitrogens is 1. The second kappa shape index (κ2) is 13.9. The Morgan fingerprint density at radius 3 is 2.73 bits per heavy atom. The molecule has 202 valence electrons. The summed E-state index contributed by atoms with van der Waals surface area (Å²) in [5.41, 5.74) is 3.42. The van der Waals surface area contributed by atoms with Gasteiger partial charge in [0.25, 0.3) is 11.5 Å². The van der Waals surface area contributed by atoms with Gasteiger partial charge in [-0.15, -0.1) is 0 Å². The number of aromatic nitrogens is 1. The molecule has 0 bridgehead atoms. The molecule has 1 atom stereocenters. The second-order valence-corrected chi connectivity index (χ2v) is 9.77. The minimum atomic E-state index is -0.356. The van der Waals surface area contributed by atoms with E-state index in [1.807, 2.05) is 32.0 Å². The minimum absolute atomic E-state index is 0.0381. The zero-order valence-electron chi connectivity index (χ0n) is 23.0. The highest BCUT2D eigenvalue weighted by molar-refractivity contribution is 6.08. The van der Waals surface area contributed by atoms with Crippen LogP contribution in [0.3, 0.4) is 0 Å². The Morgan fingerprint density at radius 1 is 1.19 bits per heavy atom. The Hall–Kier alpha value is -3.22. The maximum Gasteiger partial charge on any atom is 0.264 e. The monoisotopic (exact) mass is 510 g/mol. The van der Waals surface area contributed by atoms with Gasteiger partial charge in [0.05, 0.1) is 26.5 Å². The highest BCUT2D eigenvalue weighted by atomic mass is 16.5. The molecular weight excluding hydrogens is 468 g/mol. The van der Waals surface area contributed by atoms with Gasteiger partial charge in [0.15, 0.2) is 0 Å². The molecular formula is C30H42N2O5. The topological polar surface area (TPSA) is 80.9 Å². The maximum atomic E-state index is 13.8. The third kappa shape index (κ3) is 7.18. The molecule has 37 heavy (non-hydrogen) atoms. The minimum Gasteiger partial charge on any atom is -0.498 e. The Morgan fingerprint density at radius 2 is 2.00 bits per heavy atom. The summed E-state index contributed by atoms with van der Waals surface area (Å²) in [4.78, 5) is 31.3. The summed E-state index contributed by atoms with van der Waals surface area (Å²) in [5.74, 6) is 1.19. The number of allylic oxidation sites excluding steroid dienone is 1. The van der Waals surface area contributed by atoms with E-state index in [1.54, 1.807) is 31.4 Å². The van der Waals surface area contributed by atoms with Crippen LogP contribution < -0.4 is 15.2 Å². The fraction of sp³-hybridized carbons (Fsp3) is 0.533. The van der Waals surface area contributed by atoms with Gasteiger partial charge in [-0.2, -0.15) is 0 Å². The van der Waals surface area contributed by atoms with E-state index in [9.17, 15) is 9.59 Å². The molecule has 2 aromatic rings. The van der Waals surface area contributed by atoms with Crippen molar-refractivity contribution in [3.05, 3.63) is 69.0 Å². The maximum absolute atomic E-state index is 13.8. The van der Waals surface area contributed by atoms with Crippen molar-refractivity contribution in [3.63, 3.8) is 0 Å². The summed E-state index contributed by atoms with van der Waals surface area (Å²) >= 11 is 0. The van der Waals surface area contributed by atoms with Crippen LogP contribution in [0.1, 0.15) is 86.0 Å². The number of benzene rings is 1. The molecule has 1 N–H and O–H groups in total. The summed E-state index contributed by atoms with van der Waals surface area (Å²) in [6.07, 6.45) is 10.1. The molecule has 1 aliphatic heterocycles. The normalized spacial score (nSPS) is 15.3. The van der Waals surface area contributed by atoms with Crippen LogP contribution in [0.5, 0.6) is 5.75 Å². The number of rotatable bonds is 13. The van der Waals surface area contributed by atoms with Gasteiger partial charge in [-0.1, -0.05) is 31.9 Å². The number of fused-ring (bicyclic) bond motifs is 1. The zero-order valence-corrected chi connectivity index (χ0v) is 23.0. The van der Waals surface area contributed by atoms with E-state index in [4.69, 9.17) is 14.2 Å². The number of carbonyl (C=O) groups is 1. The first kappa shape index (κ1) is 28.4. The number of para-hydroxylation sites is 1. The number of nitrogens with one attached hydrogen (secondary N) is 1. The van der Waals surface area contributed by atoms with E-state index in [0.29, 0.717) is 12.4 Å². The third-order valence-electron chi connectivity index (χ3n) is 7.07. The van der Waals surface area contributed by atoms with Gasteiger partial charge in [0.2, 0.25) is 0 Å². The fourth-order valence-electron chi connectivity index (χ4n) is 4.85. The molecule has 0 radical (unpaired) electrons. The lowest BCUT2D eigenvalue weighted by Gasteiger charge is -2.36. The number of hydrogen-bond donors (Lipinski definition) is 1. The first-order chi connectivity index (χ1) is 17.9. The van der Waals surface area contributed by atoms with Gasteiger partial charge in [-0.05, 0) is 75.6 Å². The highest BCUT2D eigenvalue weighted by Crippen LogP contribution is 2.39. The van der Waals surface area contributed by atoms with Crippen LogP contribution in [-0.4, -0.2) is 37.8 Å². The number of nitrogens with zero attached hydrogens (tertiary/aromatic N) is 1. The van der Waals surface area contributed by atoms with Crippen molar-refractivity contribution in [1.29, 1.82) is 0 Å². The van der Waals surface area contributed by atoms with Crippen LogP contribution >= 0.6 is 0 Å². The molecule has 7 heteroatoms. The fourth-order valence-corrected chi connectivity index (χ4v) is 4.85. The van der Waals surface area contributed by atoms with Crippen molar-refractivity contribution in [2.24, 2.45) is 0 Å². The highest BCUT2D eigenvalue weighted by Gasteiger charge is 2.33. The molecule has 0 aliphatic carbocycles. The number of anilines is 1. The number of pyridine rings is 1. The van der Waals surface area contributed by atoms with Crippen LogP contribution in [0.15, 0.2) is 41.1 Å². The molecule has 1 unspecified atom stereocenters. The molecule has 1 aromatic carbocycles. The summed E-state index contributed by atoms with van der Waals surface area (Å²) in [7, 11) is 3.27. The first-order valence-electron chi connectivity index (χ1n) is 13.5. The van der Waals surface area contributed by atoms with Crippen molar-refractivity contribution in [3.8, 4) is 5.75 Å². The first-order valence-corrected chi connectivity index (χ1v) is 13.5. The number of methoxy groups -OCH3 is 2. The van der Waals surface area contributed by atoms with Gasteiger partial charge < -0.3 is 24.1 Å². The van der Waals surface area contributed by atoms with Crippen molar-refractivity contribution >= 4 is 11.6 Å². The third-order valence-corrected chi connectivity index (χ3v) is 7.07. The number of aromatic amines is 1. The molecule has 0 fully saturated rings. The lowest BCUT2D eigenvalue weighted by atomic mass is 9.94. The van der Waals surface area contributed by atoms with Crippen molar-refractivity contribution in [1.82, 2.24) is 4.98 Å². The molecule has 1 aromatic heterocycles. The number of aryl methyl sites for hydroxylation is 3. The van der Waals surface area contributed by atoms with Crippen LogP contribution in [-0.2, 0) is 22.3 Å². The Kier molecular flexibility index (Phi) is 10.7. The Bertz CT molecular complexity index is 1120. The molecule has 3 rings (SSSR count). The largest absolute Gasteiger partial charge is 0.498 e. The average molecular weight is 511 g/mol. The standard InChI is InChI=1S/C30H42N2O5/c1-6-7-10-18-37-20-25(35-4)14-9-8-12-24-19-26(29(33)31-22(24)3)30(34)32-21(2)16-17-23-13-11-15-27(36-5)28(23)32/h11,13,15,19-21H,6-10,12,14,16-18H2,1-5H3,(H,31,33)/b25-20-. The van der Waals surface area contributed by atoms with E-state index in [1.165, 1.54) is 6.42 Å². The van der Waals surface area contributed by atoms with Crippen LogP contribution in [0.2, 0.25) is 0 Å². The second-order valence-electron chi connectivity index (χ2n) is 9.77. The van der Waals surface area contributed by atoms with E-state index < -0.39 is 0 Å². The molecule has 0 spiro atoms. The van der Waals surface area contributed by atoms with Gasteiger partial charge in [0.1, 0.15) is 23.3 Å². The van der Waals surface area contributed by atoms with E-state index in [-0.39, 0.29) is 23.1 Å². The predicted octanol–water partition coefficient (Wildman–Crippen LogP) is 6.08. The molecule has 1 aliphatic rings. The van der Waals surface area contributed by atoms with Crippen LogP contribution in [0.25, 0.3) is 0 Å². The quantitative estimate of drug-likeness (QED) is 0.261. The molecule has 7 nitrogen and oxygen atoms in total. The summed E-state index contributed by atoms with van der Waals surface area (Å²) in [6.45, 7) is 6.78. The van der Waals surface area contributed by atoms with E-state index >= 15 is 0 Å². The number of hydrogen-bond acceptors (Lipinski definition) is 5. The molecule has 2 heterocycles. The number of carbonyl (C=O) groups excluding carboxylic acids is 1.